The molecule has 38 nitrogen and oxygen atoms in total. The van der Waals surface area contributed by atoms with Crippen LogP contribution in [0.2, 0.25) is 5.02 Å². The summed E-state index contributed by atoms with van der Waals surface area (Å²) < 4.78 is 219. The van der Waals surface area contributed by atoms with Crippen molar-refractivity contribution in [3.63, 3.8) is 0 Å². The van der Waals surface area contributed by atoms with Gasteiger partial charge in [-0.3, -0.25) is 42.2 Å². The van der Waals surface area contributed by atoms with Gasteiger partial charge >= 0.3 is 5.69 Å². The number of azo groups is 4. The number of nitrogens with zero attached hydrogens (tertiary/aromatic N) is 11. The van der Waals surface area contributed by atoms with Crippen LogP contribution in [-0.4, -0.2) is 127 Å². The van der Waals surface area contributed by atoms with E-state index in [4.69, 9.17) is 31.4 Å². The molecule has 1 aromatic heterocycles. The van der Waals surface area contributed by atoms with Crippen LogP contribution < -0.4 is 15.2 Å². The van der Waals surface area contributed by atoms with Gasteiger partial charge < -0.3 is 30.5 Å². The third-order valence-electron chi connectivity index (χ3n) is 11.9. The minimum absolute atomic E-state index is 0.150. The van der Waals surface area contributed by atoms with Crippen molar-refractivity contribution in [2.75, 3.05) is 18.1 Å². The van der Waals surface area contributed by atoms with E-state index in [1.165, 1.54) is 0 Å². The van der Waals surface area contributed by atoms with E-state index in [1.807, 2.05) is 0 Å². The number of phenolic OH excluding ortho intramolecular Hbond substituents is 2. The van der Waals surface area contributed by atoms with Gasteiger partial charge in [0.05, 0.1) is 44.0 Å². The van der Waals surface area contributed by atoms with Gasteiger partial charge in [0.25, 0.3) is 73.1 Å². The Kier molecular flexibility index (Phi) is 18.2. The van der Waals surface area contributed by atoms with Gasteiger partial charge in [-0.25, -0.2) is 0 Å². The van der Waals surface area contributed by atoms with E-state index in [2.05, 4.69) is 46.0 Å². The second-order valence-corrected chi connectivity index (χ2v) is 26.6. The first-order chi connectivity index (χ1) is 41.8. The molecule has 11 N–H and O–H groups in total. The maximum atomic E-state index is 13.2. The highest BCUT2D eigenvalue weighted by atomic mass is 35.5. The van der Waals surface area contributed by atoms with Gasteiger partial charge in [-0.05, 0) is 79.2 Å². The van der Waals surface area contributed by atoms with Gasteiger partial charge in [-0.15, -0.1) is 46.0 Å². The Morgan fingerprint density at radius 2 is 1.17 bits per heavy atom. The number of aromatic hydroxyl groups is 3. The summed E-state index contributed by atoms with van der Waals surface area (Å²) in [6.07, 6.45) is -0.345. The molecule has 0 atom stereocenters. The number of halogens is 1. The third kappa shape index (κ3) is 14.2. The van der Waals surface area contributed by atoms with Crippen molar-refractivity contribution in [3.05, 3.63) is 106 Å². The largest absolute Gasteiger partial charge is 0.505 e. The van der Waals surface area contributed by atoms with Crippen molar-refractivity contribution >= 4 is 157 Å². The molecular weight excluding hydrogens is 1350 g/mol. The van der Waals surface area contributed by atoms with E-state index in [9.17, 15) is 103 Å². The van der Waals surface area contributed by atoms with Crippen molar-refractivity contribution in [1.29, 1.82) is 0 Å². The number of ether oxygens (including phenoxy) is 2. The maximum absolute atomic E-state index is 13.2. The smallest absolute Gasteiger partial charge is 0.313 e. The van der Waals surface area contributed by atoms with E-state index in [-0.39, 0.29) is 24.3 Å². The van der Waals surface area contributed by atoms with Crippen LogP contribution in [0.25, 0.3) is 27.2 Å². The lowest BCUT2D eigenvalue weighted by Crippen LogP contribution is -2.09. The SMILES string of the molecule is Nc1c(N=Nc2ccc3c(O)c(N=Nc4cc(/N=N/c5c(OC=O)nn(-c6ccc(S(=O)(=O)O)cc6)c5O)c(S(=O)(=O)O)cc4Cl)c(S(=O)(=O)O)cc3c2S(=O)(=O)O)cc(S(=O)(=O)O)c2ccc(N=Nc3cccc([N+](=O)[O-])c3OCCCS(=O)(=O)O)c(O)c12. The number of carbonyl (C=O) groups excluding carboxylic acids is 1. The number of hydrogen-bond acceptors (Lipinski definition) is 30. The quantitative estimate of drug-likeness (QED) is 0.00577. The Morgan fingerprint density at radius 3 is 1.77 bits per heavy atom. The topological polar surface area (TPSA) is 608 Å². The molecule has 8 rings (SSSR count). The number of nitrogen functional groups attached to an aromatic ring is 1. The zero-order valence-corrected chi connectivity index (χ0v) is 49.3. The van der Waals surface area contributed by atoms with Gasteiger partial charge in [0.1, 0.15) is 59.4 Å². The highest BCUT2D eigenvalue weighted by Gasteiger charge is 2.30. The fourth-order valence-corrected chi connectivity index (χ4v) is 12.1. The number of para-hydroxylation sites is 1. The molecule has 0 fully saturated rings. The minimum atomic E-state index is -5.72. The predicted octanol–water partition coefficient (Wildman–Crippen LogP) is 8.53. The van der Waals surface area contributed by atoms with Crippen LogP contribution >= 0.6 is 11.6 Å². The standard InChI is InChI=1S/C45H33ClN12O26S6/c46-25-16-34(88(74,75)76)30(52-55-39-44(84-19-59)56-57(45(39)62)20-5-7-21(8-6-20)86(68,69)70)17-29(25)51-54-38-35(89(77,78)79)15-24-22(40(38)60)9-12-28(43(24)90(80,81)82)50-53-31-18-33(87(71,72)73)23-10-11-26(41(61)36(23)37(31)47)48-49-27-3-1-4-32(58(63)64)42(27)83-13-2-14-85(65,66)67/h1,3-12,15-19,60-62H,2,13-14,47H2,(H,65,66,67)(H,68,69,70)(H,71,72,73)(H,74,75,76)(H,77,78,79)(H,80,81,82)/b49-48?,53-50?,54-51?,55-52+. The predicted molar refractivity (Wildman–Crippen MR) is 304 cm³/mol. The Labute approximate surface area is 507 Å². The summed E-state index contributed by atoms with van der Waals surface area (Å²) in [7, 11) is -31.3. The lowest BCUT2D eigenvalue weighted by Gasteiger charge is -2.13. The lowest BCUT2D eigenvalue weighted by atomic mass is 10.1. The van der Waals surface area contributed by atoms with Crippen molar-refractivity contribution in [2.45, 2.75) is 30.9 Å². The molecule has 8 aromatic rings. The summed E-state index contributed by atoms with van der Waals surface area (Å²) in [5, 5.41) is 75.8. The Hall–Kier alpha value is -9.71. The average molecular weight is 1390 g/mol. The molecule has 0 aliphatic carbocycles. The van der Waals surface area contributed by atoms with Crippen molar-refractivity contribution in [2.24, 2.45) is 40.9 Å². The van der Waals surface area contributed by atoms with Crippen LogP contribution in [0.4, 0.5) is 56.9 Å². The number of rotatable bonds is 22. The molecule has 45 heteroatoms. The van der Waals surface area contributed by atoms with Gasteiger partial charge in [-0.2, -0.15) is 55.2 Å². The summed E-state index contributed by atoms with van der Waals surface area (Å²) in [6, 6.07) is 12.5. The molecular formula is C45H33ClN12O26S6. The molecule has 0 aliphatic heterocycles. The number of benzene rings is 7. The Morgan fingerprint density at radius 1 is 0.589 bits per heavy atom. The third-order valence-corrected chi connectivity index (χ3v) is 17.4. The van der Waals surface area contributed by atoms with Crippen LogP contribution in [0.3, 0.4) is 0 Å². The molecule has 0 bridgehead atoms. The number of nitro benzene ring substituents is 1. The fraction of sp³-hybridized carbons (Fsp3) is 0.0667. The zero-order chi connectivity index (χ0) is 66.4. The summed E-state index contributed by atoms with van der Waals surface area (Å²) in [5.74, 6) is -5.53. The molecule has 0 aliphatic rings. The van der Waals surface area contributed by atoms with Gasteiger partial charge in [-0.1, -0.05) is 23.7 Å². The van der Waals surface area contributed by atoms with Crippen LogP contribution in [0.1, 0.15) is 6.42 Å². The average Bonchev–Trinajstić information content (AvgIpc) is 0.916. The van der Waals surface area contributed by atoms with Gasteiger partial charge in [0, 0.05) is 22.2 Å². The molecule has 7 aromatic carbocycles. The second-order valence-electron chi connectivity index (χ2n) is 17.7. The molecule has 0 spiro atoms. The van der Waals surface area contributed by atoms with Crippen molar-refractivity contribution < 1.29 is 112 Å². The highest BCUT2D eigenvalue weighted by molar-refractivity contribution is 7.87. The van der Waals surface area contributed by atoms with Gasteiger partial charge in [0.2, 0.25) is 17.3 Å². The number of nitrogens with two attached hydrogens (primary N) is 1. The number of hydrogen-bond donors (Lipinski definition) is 10. The summed E-state index contributed by atoms with van der Waals surface area (Å²) in [5.41, 5.74) is -1.65. The van der Waals surface area contributed by atoms with Crippen LogP contribution in [-0.2, 0) is 65.5 Å². The van der Waals surface area contributed by atoms with E-state index in [0.717, 1.165) is 60.7 Å². The lowest BCUT2D eigenvalue weighted by molar-refractivity contribution is -0.385. The number of phenols is 2. The molecule has 1 heterocycles. The monoisotopic (exact) mass is 1380 g/mol. The van der Waals surface area contributed by atoms with Gasteiger partial charge in [0.15, 0.2) is 11.5 Å². The van der Waals surface area contributed by atoms with Crippen molar-refractivity contribution in [1.82, 2.24) is 9.78 Å². The molecule has 0 saturated heterocycles. The maximum Gasteiger partial charge on any atom is 0.313 e. The zero-order valence-electron chi connectivity index (χ0n) is 43.6. The molecule has 0 amide bonds. The van der Waals surface area contributed by atoms with E-state index < -0.39 is 209 Å². The first-order valence-electron chi connectivity index (χ1n) is 23.5. The Balaban J connectivity index is 1.20. The fourth-order valence-electron chi connectivity index (χ4n) is 8.02. The normalized spacial score (nSPS) is 13.0. The van der Waals surface area contributed by atoms with E-state index in [0.29, 0.717) is 35.0 Å². The minimum Gasteiger partial charge on any atom is -0.505 e. The van der Waals surface area contributed by atoms with E-state index in [1.54, 1.807) is 0 Å². The summed E-state index contributed by atoms with van der Waals surface area (Å²) >= 11 is 6.26. The number of fused-ring (bicyclic) bond motifs is 2. The number of nitro groups is 1. The highest BCUT2D eigenvalue weighted by Crippen LogP contribution is 2.50. The van der Waals surface area contributed by atoms with Crippen molar-refractivity contribution in [3.8, 4) is 34.7 Å². The summed E-state index contributed by atoms with van der Waals surface area (Å²) in [4.78, 5) is 16.6. The Bertz CT molecular complexity index is 5230. The molecule has 90 heavy (non-hydrogen) atoms. The van der Waals surface area contributed by atoms with Crippen LogP contribution in [0, 0.1) is 10.1 Å². The number of aromatic nitrogens is 2. The van der Waals surface area contributed by atoms with Crippen LogP contribution in [0.5, 0.6) is 29.0 Å². The molecule has 472 valence electrons. The first-order valence-corrected chi connectivity index (χ1v) is 32.7. The molecule has 0 radical (unpaired) electrons. The first kappa shape index (κ1) is 66.2. The second kappa shape index (κ2) is 24.7. The molecule has 0 saturated carbocycles. The van der Waals surface area contributed by atoms with E-state index >= 15 is 0 Å². The van der Waals surface area contributed by atoms with Crippen LogP contribution in [0.15, 0.2) is 156 Å². The number of anilines is 1. The number of carbonyl (C=O) groups is 1. The molecule has 0 unspecified atom stereocenters. The summed E-state index contributed by atoms with van der Waals surface area (Å²) in [6.45, 7) is -0.693.